The first-order chi connectivity index (χ1) is 11.7. The van der Waals surface area contributed by atoms with Crippen LogP contribution in [0.3, 0.4) is 0 Å². The number of methoxy groups -OCH3 is 1. The number of hydrogen-bond donors (Lipinski definition) is 2. The van der Waals surface area contributed by atoms with Crippen molar-refractivity contribution in [3.63, 3.8) is 0 Å². The second-order valence-electron chi connectivity index (χ2n) is 6.46. The van der Waals surface area contributed by atoms with E-state index in [1.165, 1.54) is 25.7 Å². The van der Waals surface area contributed by atoms with Crippen LogP contribution >= 0.6 is 0 Å². The fraction of sp³-hybridized carbons (Fsp3) is 0.632. The average molecular weight is 333 g/mol. The molecule has 1 aliphatic rings. The number of hydrogen-bond acceptors (Lipinski definition) is 3. The van der Waals surface area contributed by atoms with E-state index in [9.17, 15) is 0 Å². The van der Waals surface area contributed by atoms with Crippen LogP contribution in [0.5, 0.6) is 11.5 Å². The van der Waals surface area contributed by atoms with E-state index in [-0.39, 0.29) is 0 Å². The van der Waals surface area contributed by atoms with Crippen molar-refractivity contribution in [2.45, 2.75) is 52.1 Å². The Morgan fingerprint density at radius 2 is 2.12 bits per heavy atom. The molecule has 2 rings (SSSR count). The molecule has 24 heavy (non-hydrogen) atoms. The maximum absolute atomic E-state index is 5.64. The van der Waals surface area contributed by atoms with Gasteiger partial charge in [-0.05, 0) is 43.4 Å². The van der Waals surface area contributed by atoms with Crippen LogP contribution < -0.4 is 20.1 Å². The van der Waals surface area contributed by atoms with Crippen LogP contribution in [-0.4, -0.2) is 32.8 Å². The third kappa shape index (κ3) is 5.32. The fourth-order valence-electron chi connectivity index (χ4n) is 3.24. The summed E-state index contributed by atoms with van der Waals surface area (Å²) in [6.07, 6.45) is 5.09. The molecule has 0 heterocycles. The molecule has 0 saturated heterocycles. The number of aliphatic imine (C=N–C) groups is 1. The average Bonchev–Trinajstić information content (AvgIpc) is 2.59. The van der Waals surface area contributed by atoms with Crippen molar-refractivity contribution >= 4 is 5.96 Å². The molecule has 0 radical (unpaired) electrons. The van der Waals surface area contributed by atoms with Crippen molar-refractivity contribution in [3.05, 3.63) is 23.8 Å². The molecule has 1 aromatic rings. The second-order valence-corrected chi connectivity index (χ2v) is 6.46. The van der Waals surface area contributed by atoms with Gasteiger partial charge in [0, 0.05) is 19.6 Å². The van der Waals surface area contributed by atoms with Crippen molar-refractivity contribution < 1.29 is 9.47 Å². The van der Waals surface area contributed by atoms with Gasteiger partial charge in [-0.1, -0.05) is 25.8 Å². The number of rotatable bonds is 6. The highest BCUT2D eigenvalue weighted by Gasteiger charge is 2.19. The zero-order valence-corrected chi connectivity index (χ0v) is 15.4. The molecular weight excluding hydrogens is 302 g/mol. The van der Waals surface area contributed by atoms with Crippen molar-refractivity contribution in [3.8, 4) is 11.5 Å². The topological polar surface area (TPSA) is 54.9 Å². The van der Waals surface area contributed by atoms with Gasteiger partial charge in [0.05, 0.1) is 13.7 Å². The normalized spacial score (nSPS) is 21.2. The maximum Gasteiger partial charge on any atom is 0.191 e. The molecule has 1 saturated carbocycles. The quantitative estimate of drug-likeness (QED) is 0.619. The number of nitrogens with zero attached hydrogens (tertiary/aromatic N) is 1. The summed E-state index contributed by atoms with van der Waals surface area (Å²) in [4.78, 5) is 4.35. The van der Waals surface area contributed by atoms with Gasteiger partial charge in [0.25, 0.3) is 0 Å². The van der Waals surface area contributed by atoms with Gasteiger partial charge in [0.2, 0.25) is 0 Å². The van der Waals surface area contributed by atoms with Crippen LogP contribution in [0.1, 0.15) is 45.1 Å². The van der Waals surface area contributed by atoms with Crippen LogP contribution in [0.2, 0.25) is 0 Å². The molecule has 2 unspecified atom stereocenters. The second kappa shape index (κ2) is 9.40. The molecule has 0 spiro atoms. The predicted octanol–water partition coefficient (Wildman–Crippen LogP) is 3.34. The monoisotopic (exact) mass is 333 g/mol. The number of ether oxygens (including phenoxy) is 2. The minimum Gasteiger partial charge on any atom is -0.493 e. The van der Waals surface area contributed by atoms with Gasteiger partial charge in [-0.15, -0.1) is 0 Å². The third-order valence-corrected chi connectivity index (χ3v) is 4.49. The summed E-state index contributed by atoms with van der Waals surface area (Å²) in [7, 11) is 3.48. The smallest absolute Gasteiger partial charge is 0.191 e. The molecule has 1 aliphatic carbocycles. The maximum atomic E-state index is 5.64. The Balaban J connectivity index is 1.91. The molecule has 1 aromatic carbocycles. The lowest BCUT2D eigenvalue weighted by molar-refractivity contribution is 0.310. The Labute approximate surface area is 145 Å². The standard InChI is InChI=1S/C19H31N3O2/c1-5-24-18-12-15(9-10-17(18)23-4)13-21-19(20-3)22-16-8-6-7-14(2)11-16/h9-10,12,14,16H,5-8,11,13H2,1-4H3,(H2,20,21,22). The molecule has 5 heteroatoms. The van der Waals surface area contributed by atoms with Crippen molar-refractivity contribution in [1.82, 2.24) is 10.6 Å². The molecule has 1 fully saturated rings. The van der Waals surface area contributed by atoms with Gasteiger partial charge in [-0.2, -0.15) is 0 Å². The number of benzene rings is 1. The van der Waals surface area contributed by atoms with Gasteiger partial charge >= 0.3 is 0 Å². The highest BCUT2D eigenvalue weighted by molar-refractivity contribution is 5.80. The van der Waals surface area contributed by atoms with E-state index in [1.54, 1.807) is 7.11 Å². The van der Waals surface area contributed by atoms with Crippen molar-refractivity contribution in [1.29, 1.82) is 0 Å². The molecule has 2 N–H and O–H groups in total. The van der Waals surface area contributed by atoms with Gasteiger partial charge in [0.15, 0.2) is 17.5 Å². The fourth-order valence-corrected chi connectivity index (χ4v) is 3.24. The lowest BCUT2D eigenvalue weighted by Gasteiger charge is -2.28. The number of nitrogens with one attached hydrogen (secondary N) is 2. The van der Waals surface area contributed by atoms with Crippen LogP contribution in [0.4, 0.5) is 0 Å². The number of guanidine groups is 1. The van der Waals surface area contributed by atoms with E-state index in [0.29, 0.717) is 19.2 Å². The third-order valence-electron chi connectivity index (χ3n) is 4.49. The lowest BCUT2D eigenvalue weighted by Crippen LogP contribution is -2.44. The van der Waals surface area contributed by atoms with Crippen molar-refractivity contribution in [2.24, 2.45) is 10.9 Å². The summed E-state index contributed by atoms with van der Waals surface area (Å²) >= 11 is 0. The minimum absolute atomic E-state index is 0.523. The van der Waals surface area contributed by atoms with Gasteiger partial charge in [-0.25, -0.2) is 0 Å². The molecule has 0 aromatic heterocycles. The molecule has 0 aliphatic heterocycles. The Hall–Kier alpha value is -1.91. The van der Waals surface area contributed by atoms with Gasteiger partial charge < -0.3 is 20.1 Å². The van der Waals surface area contributed by atoms with Crippen LogP contribution in [0.15, 0.2) is 23.2 Å². The van der Waals surface area contributed by atoms with E-state index in [0.717, 1.165) is 28.9 Å². The molecule has 2 atom stereocenters. The minimum atomic E-state index is 0.523. The Kier molecular flexibility index (Phi) is 7.22. The van der Waals surface area contributed by atoms with E-state index in [4.69, 9.17) is 9.47 Å². The SMILES string of the molecule is CCOc1cc(CNC(=NC)NC2CCCC(C)C2)ccc1OC. The molecular formula is C19H31N3O2. The van der Waals surface area contributed by atoms with E-state index >= 15 is 0 Å². The van der Waals surface area contributed by atoms with Gasteiger partial charge in [0.1, 0.15) is 0 Å². The van der Waals surface area contributed by atoms with Crippen molar-refractivity contribution in [2.75, 3.05) is 20.8 Å². The summed E-state index contributed by atoms with van der Waals surface area (Å²) in [5, 5.41) is 6.95. The molecule has 5 nitrogen and oxygen atoms in total. The molecule has 0 bridgehead atoms. The van der Waals surface area contributed by atoms with E-state index < -0.39 is 0 Å². The highest BCUT2D eigenvalue weighted by Crippen LogP contribution is 2.28. The molecule has 134 valence electrons. The van der Waals surface area contributed by atoms with Crippen LogP contribution in [0, 0.1) is 5.92 Å². The summed E-state index contributed by atoms with van der Waals surface area (Å²) < 4.78 is 11.0. The summed E-state index contributed by atoms with van der Waals surface area (Å²) in [6, 6.07) is 6.53. The van der Waals surface area contributed by atoms with E-state index in [2.05, 4.69) is 22.5 Å². The Morgan fingerprint density at radius 3 is 2.79 bits per heavy atom. The summed E-state index contributed by atoms with van der Waals surface area (Å²) in [5.74, 6) is 3.20. The molecule has 0 amide bonds. The van der Waals surface area contributed by atoms with Gasteiger partial charge in [-0.3, -0.25) is 4.99 Å². The predicted molar refractivity (Wildman–Crippen MR) is 98.9 cm³/mol. The zero-order valence-electron chi connectivity index (χ0n) is 15.4. The Morgan fingerprint density at radius 1 is 1.29 bits per heavy atom. The summed E-state index contributed by atoms with van der Waals surface area (Å²) in [6.45, 7) is 5.63. The highest BCUT2D eigenvalue weighted by atomic mass is 16.5. The zero-order chi connectivity index (χ0) is 17.4. The first-order valence-corrected chi connectivity index (χ1v) is 8.93. The lowest BCUT2D eigenvalue weighted by atomic mass is 9.87. The van der Waals surface area contributed by atoms with E-state index in [1.807, 2.05) is 32.2 Å². The summed E-state index contributed by atoms with van der Waals surface area (Å²) in [5.41, 5.74) is 1.14. The van der Waals surface area contributed by atoms with Crippen LogP contribution in [-0.2, 0) is 6.54 Å². The largest absolute Gasteiger partial charge is 0.493 e. The Bertz CT molecular complexity index is 545. The van der Waals surface area contributed by atoms with Crippen LogP contribution in [0.25, 0.3) is 0 Å². The first-order valence-electron chi connectivity index (χ1n) is 8.93. The first kappa shape index (κ1) is 18.4.